The Balaban J connectivity index is 0. The number of hydrogen-bond donors (Lipinski definition) is 0. The van der Waals surface area contributed by atoms with E-state index in [1.165, 1.54) is 0 Å². The van der Waals surface area contributed by atoms with Crippen LogP contribution in [0.3, 0.4) is 0 Å². The molecule has 0 saturated carbocycles. The summed E-state index contributed by atoms with van der Waals surface area (Å²) in [6, 6.07) is 0. The Labute approximate surface area is 93.8 Å². The van der Waals surface area contributed by atoms with Crippen LogP contribution in [0.15, 0.2) is 0 Å². The molecule has 0 saturated heterocycles. The molecule has 0 unspecified atom stereocenters. The second kappa shape index (κ2) is 16.5. The summed E-state index contributed by atoms with van der Waals surface area (Å²) in [4.78, 5) is 0. The van der Waals surface area contributed by atoms with Gasteiger partial charge in [0.2, 0.25) is 0 Å². The fraction of sp³-hybridized carbons (Fsp3) is 0. The van der Waals surface area contributed by atoms with Gasteiger partial charge < -0.3 is 0 Å². The van der Waals surface area contributed by atoms with Crippen LogP contribution in [-0.4, -0.2) is 46.2 Å². The van der Waals surface area contributed by atoms with Crippen molar-refractivity contribution in [1.82, 2.24) is 0 Å². The topological polar surface area (TPSA) is 0 Å². The van der Waals surface area contributed by atoms with Gasteiger partial charge in [0.05, 0.1) is 0 Å². The Morgan fingerprint density at radius 3 is 1.00 bits per heavy atom. The summed E-state index contributed by atoms with van der Waals surface area (Å²) in [5, 5.41) is 0. The van der Waals surface area contributed by atoms with E-state index in [0.717, 1.165) is 0 Å². The van der Waals surface area contributed by atoms with Crippen molar-refractivity contribution in [1.29, 1.82) is 0 Å². The van der Waals surface area contributed by atoms with Crippen LogP contribution in [0.25, 0.3) is 0 Å². The van der Waals surface area contributed by atoms with Gasteiger partial charge in [0, 0.05) is 60.0 Å². The standard InChI is InChI=1S/BrH.Li.Tl.Y.H/h1H;;;;. The maximum Gasteiger partial charge on any atom is 0 e. The molecule has 0 bridgehead atoms. The average molecular weight is 382 g/mol. The van der Waals surface area contributed by atoms with E-state index in [9.17, 15) is 0 Å². The van der Waals surface area contributed by atoms with Crippen LogP contribution in [0, 0.1) is 0 Å². The van der Waals surface area contributed by atoms with E-state index in [0.29, 0.717) is 0 Å². The van der Waals surface area contributed by atoms with Crippen molar-refractivity contribution in [2.24, 2.45) is 0 Å². The van der Waals surface area contributed by atoms with Gasteiger partial charge in [-0.25, -0.2) is 0 Å². The van der Waals surface area contributed by atoms with E-state index in [-0.39, 0.29) is 95.9 Å². The molecule has 0 N–H and O–H groups in total. The van der Waals surface area contributed by atoms with Crippen LogP contribution in [0.1, 0.15) is 0 Å². The van der Waals surface area contributed by atoms with Gasteiger partial charge in [-0.05, 0) is 0 Å². The van der Waals surface area contributed by atoms with E-state index in [1.807, 2.05) is 0 Å². The van der Waals surface area contributed by atoms with Crippen LogP contribution in [0.5, 0.6) is 0 Å². The minimum absolute atomic E-state index is 0. The Kier molecular flexibility index (Phi) is 113. The second-order valence-electron chi connectivity index (χ2n) is 0. The summed E-state index contributed by atoms with van der Waals surface area (Å²) >= 11 is 0. The maximum atomic E-state index is 0. The predicted molar refractivity (Wildman–Crippen MR) is 23.2 cm³/mol. The minimum atomic E-state index is 0. The monoisotopic (exact) mass is 382 g/mol. The average Bonchev–Trinajstić information content (AvgIpc) is 0. The molecular formula is H2BrLiTlY. The zero-order chi connectivity index (χ0) is 0. The van der Waals surface area contributed by atoms with Gasteiger partial charge in [0.25, 0.3) is 0 Å². The Bertz CT molecular complexity index is 8.00. The van der Waals surface area contributed by atoms with Crippen molar-refractivity contribution in [3.8, 4) is 0 Å². The normalized spacial score (nSPS) is 0. The number of rotatable bonds is 0. The molecule has 0 aromatic carbocycles. The molecular weight excluding hydrogens is 380 g/mol. The maximum absolute atomic E-state index is 0. The van der Waals surface area contributed by atoms with Crippen molar-refractivity contribution >= 4 is 63.1 Å². The van der Waals surface area contributed by atoms with Gasteiger partial charge in [0.15, 0.2) is 0 Å². The molecule has 4 heavy (non-hydrogen) atoms. The molecule has 0 rings (SSSR count). The summed E-state index contributed by atoms with van der Waals surface area (Å²) in [5.74, 6) is 0. The minimum Gasteiger partial charge on any atom is 0 e. The van der Waals surface area contributed by atoms with Crippen LogP contribution < -0.4 is 0 Å². The molecule has 0 amide bonds. The first-order valence-corrected chi connectivity index (χ1v) is 0. The summed E-state index contributed by atoms with van der Waals surface area (Å²) in [6.45, 7) is 0. The molecule has 16 valence electrons. The van der Waals surface area contributed by atoms with Crippen LogP contribution in [0.4, 0.5) is 0 Å². The van der Waals surface area contributed by atoms with Gasteiger partial charge in [-0.2, -0.15) is 0 Å². The molecule has 0 atom stereocenters. The molecule has 0 spiro atoms. The van der Waals surface area contributed by atoms with Crippen molar-refractivity contribution in [2.75, 3.05) is 0 Å². The molecule has 4 heteroatoms. The quantitative estimate of drug-likeness (QED) is 0.498. The van der Waals surface area contributed by atoms with E-state index in [4.69, 9.17) is 0 Å². The summed E-state index contributed by atoms with van der Waals surface area (Å²) < 4.78 is 0. The van der Waals surface area contributed by atoms with Crippen LogP contribution in [-0.2, 0) is 32.7 Å². The molecule has 2 radical (unpaired) electrons. The third-order valence-corrected chi connectivity index (χ3v) is 0. The molecule has 0 aliphatic rings. The van der Waals surface area contributed by atoms with E-state index >= 15 is 0 Å². The molecule has 0 aromatic rings. The third-order valence-electron chi connectivity index (χ3n) is 0. The summed E-state index contributed by atoms with van der Waals surface area (Å²) in [7, 11) is 0. The van der Waals surface area contributed by atoms with E-state index in [2.05, 4.69) is 0 Å². The molecule has 0 nitrogen and oxygen atoms in total. The van der Waals surface area contributed by atoms with Gasteiger partial charge in [0.1, 0.15) is 0 Å². The van der Waals surface area contributed by atoms with Crippen molar-refractivity contribution in [2.45, 2.75) is 0 Å². The van der Waals surface area contributed by atoms with E-state index < -0.39 is 0 Å². The largest absolute Gasteiger partial charge is 0 e. The Hall–Kier alpha value is 3.10. The number of hydrogen-bond acceptors (Lipinski definition) is 0. The predicted octanol–water partition coefficient (Wildman–Crippen LogP) is -0.454. The summed E-state index contributed by atoms with van der Waals surface area (Å²) in [5.41, 5.74) is 0. The fourth-order valence-corrected chi connectivity index (χ4v) is 0. The molecule has 0 heterocycles. The zero-order valence-electron chi connectivity index (χ0n) is 1.56. The fourth-order valence-electron chi connectivity index (χ4n) is 0. The number of halogens is 1. The van der Waals surface area contributed by atoms with Crippen molar-refractivity contribution < 1.29 is 32.7 Å². The molecule has 0 aliphatic carbocycles. The van der Waals surface area contributed by atoms with Gasteiger partial charge >= 0.3 is 18.9 Å². The van der Waals surface area contributed by atoms with E-state index in [1.54, 1.807) is 0 Å². The van der Waals surface area contributed by atoms with Gasteiger partial charge in [-0.15, -0.1) is 17.0 Å². The Morgan fingerprint density at radius 1 is 1.00 bits per heavy atom. The first-order valence-electron chi connectivity index (χ1n) is 0. The van der Waals surface area contributed by atoms with Crippen LogP contribution >= 0.6 is 17.0 Å². The first-order chi connectivity index (χ1) is 0. The van der Waals surface area contributed by atoms with Crippen molar-refractivity contribution in [3.05, 3.63) is 0 Å². The van der Waals surface area contributed by atoms with Crippen molar-refractivity contribution in [3.63, 3.8) is 0 Å². The first kappa shape index (κ1) is 27.5. The van der Waals surface area contributed by atoms with Crippen LogP contribution in [0.2, 0.25) is 0 Å². The van der Waals surface area contributed by atoms with Gasteiger partial charge in [-0.1, -0.05) is 0 Å². The zero-order valence-corrected chi connectivity index (χ0v) is 10.6. The summed E-state index contributed by atoms with van der Waals surface area (Å²) in [6.07, 6.45) is 0. The molecule has 0 aliphatic heterocycles. The third kappa shape index (κ3) is 8.92. The molecule has 0 fully saturated rings. The smallest absolute Gasteiger partial charge is 0 e. The molecule has 0 aromatic heterocycles. The second-order valence-corrected chi connectivity index (χ2v) is 0. The SMILES string of the molecule is Br.[LiH].[Tl].[Y]. The Morgan fingerprint density at radius 2 is 1.00 bits per heavy atom. The van der Waals surface area contributed by atoms with Gasteiger partial charge in [-0.3, -0.25) is 0 Å².